The molecule has 6 heteroatoms. The van der Waals surface area contributed by atoms with E-state index in [-0.39, 0.29) is 25.0 Å². The number of hydrogen-bond donors (Lipinski definition) is 1. The molecule has 0 fully saturated rings. The number of rotatable bonds is 6. The van der Waals surface area contributed by atoms with Crippen LogP contribution in [0.15, 0.2) is 53.0 Å². The average molecular weight is 411 g/mol. The zero-order valence-electron chi connectivity index (χ0n) is 13.1. The van der Waals surface area contributed by atoms with Gasteiger partial charge in [0, 0.05) is 9.50 Å². The summed E-state index contributed by atoms with van der Waals surface area (Å²) < 4.78 is 5.98. The molecule has 0 aliphatic carbocycles. The second kappa shape index (κ2) is 8.85. The highest BCUT2D eigenvalue weighted by Crippen LogP contribution is 2.16. The first-order valence-corrected chi connectivity index (χ1v) is 8.56. The van der Waals surface area contributed by atoms with Crippen molar-refractivity contribution < 1.29 is 14.3 Å². The molecule has 126 valence electrons. The first-order valence-electron chi connectivity index (χ1n) is 7.39. The summed E-state index contributed by atoms with van der Waals surface area (Å²) in [6.07, 6.45) is 0.104. The van der Waals surface area contributed by atoms with Crippen molar-refractivity contribution in [2.24, 2.45) is 0 Å². The van der Waals surface area contributed by atoms with Gasteiger partial charge in [-0.1, -0.05) is 51.8 Å². The molecule has 0 spiro atoms. The number of nitrogens with one attached hydrogen (secondary N) is 1. The number of hydrogen-bond acceptors (Lipinski definition) is 3. The maximum Gasteiger partial charge on any atom is 0.310 e. The molecule has 24 heavy (non-hydrogen) atoms. The molecule has 2 aromatic rings. The van der Waals surface area contributed by atoms with Gasteiger partial charge in [-0.25, -0.2) is 0 Å². The molecule has 0 bridgehead atoms. The van der Waals surface area contributed by atoms with Crippen LogP contribution in [0.2, 0.25) is 5.02 Å². The van der Waals surface area contributed by atoms with Crippen molar-refractivity contribution in [3.05, 3.63) is 69.2 Å². The van der Waals surface area contributed by atoms with Crippen molar-refractivity contribution in [3.8, 4) is 0 Å². The number of ether oxygens (including phenoxy) is 1. The van der Waals surface area contributed by atoms with Crippen molar-refractivity contribution in [3.63, 3.8) is 0 Å². The molecule has 0 aliphatic heterocycles. The monoisotopic (exact) mass is 409 g/mol. The number of benzene rings is 2. The number of amides is 1. The predicted octanol–water partition coefficient (Wildman–Crippen LogP) is 4.07. The standard InChI is InChI=1S/C18H17BrClNO3/c1-12(14-4-6-15(19)7-5-14)21-17(22)11-24-18(23)10-13-2-8-16(20)9-3-13/h2-9,12H,10-11H2,1H3,(H,21,22)/t12-/m1/s1. The van der Waals surface area contributed by atoms with E-state index in [1.165, 1.54) is 0 Å². The third-order valence-corrected chi connectivity index (χ3v) is 4.15. The Morgan fingerprint density at radius 3 is 2.38 bits per heavy atom. The van der Waals surface area contributed by atoms with Crippen molar-refractivity contribution in [1.29, 1.82) is 0 Å². The van der Waals surface area contributed by atoms with Gasteiger partial charge in [0.05, 0.1) is 12.5 Å². The zero-order chi connectivity index (χ0) is 17.5. The van der Waals surface area contributed by atoms with Crippen LogP contribution in [0.5, 0.6) is 0 Å². The van der Waals surface area contributed by atoms with E-state index in [0.717, 1.165) is 15.6 Å². The summed E-state index contributed by atoms with van der Waals surface area (Å²) in [7, 11) is 0. The van der Waals surface area contributed by atoms with Crippen molar-refractivity contribution in [2.45, 2.75) is 19.4 Å². The lowest BCUT2D eigenvalue weighted by atomic mass is 10.1. The fourth-order valence-electron chi connectivity index (χ4n) is 2.08. The second-order valence-electron chi connectivity index (χ2n) is 5.30. The highest BCUT2D eigenvalue weighted by atomic mass is 79.9. The van der Waals surface area contributed by atoms with Gasteiger partial charge in [0.25, 0.3) is 5.91 Å². The van der Waals surface area contributed by atoms with Crippen LogP contribution in [-0.2, 0) is 20.7 Å². The lowest BCUT2D eigenvalue weighted by Crippen LogP contribution is -2.31. The summed E-state index contributed by atoms with van der Waals surface area (Å²) >= 11 is 9.15. The van der Waals surface area contributed by atoms with Crippen LogP contribution in [0.25, 0.3) is 0 Å². The van der Waals surface area contributed by atoms with E-state index >= 15 is 0 Å². The Labute approximate surface area is 154 Å². The number of esters is 1. The maximum atomic E-state index is 11.9. The Balaban J connectivity index is 1.76. The molecular weight excluding hydrogens is 394 g/mol. The third-order valence-electron chi connectivity index (χ3n) is 3.37. The molecule has 0 aromatic heterocycles. The van der Waals surface area contributed by atoms with Gasteiger partial charge in [0.15, 0.2) is 6.61 Å². The van der Waals surface area contributed by atoms with Crippen LogP contribution in [-0.4, -0.2) is 18.5 Å². The van der Waals surface area contributed by atoms with E-state index < -0.39 is 5.97 Å². The molecule has 2 rings (SSSR count). The van der Waals surface area contributed by atoms with Crippen LogP contribution in [0.1, 0.15) is 24.1 Å². The van der Waals surface area contributed by atoms with Crippen molar-refractivity contribution in [1.82, 2.24) is 5.32 Å². The predicted molar refractivity (Wildman–Crippen MR) is 96.8 cm³/mol. The molecule has 2 aromatic carbocycles. The number of carbonyl (C=O) groups excluding carboxylic acids is 2. The normalized spacial score (nSPS) is 11.6. The Bertz CT molecular complexity index is 701. The fourth-order valence-corrected chi connectivity index (χ4v) is 2.47. The Morgan fingerprint density at radius 2 is 1.75 bits per heavy atom. The van der Waals surface area contributed by atoms with Gasteiger partial charge in [-0.15, -0.1) is 0 Å². The first kappa shape index (κ1) is 18.5. The number of halogens is 2. The summed E-state index contributed by atoms with van der Waals surface area (Å²) in [4.78, 5) is 23.6. The molecule has 0 heterocycles. The van der Waals surface area contributed by atoms with Gasteiger partial charge in [-0.05, 0) is 42.3 Å². The Kier molecular flexibility index (Phi) is 6.82. The fraction of sp³-hybridized carbons (Fsp3) is 0.222. The van der Waals surface area contributed by atoms with E-state index in [4.69, 9.17) is 16.3 Å². The van der Waals surface area contributed by atoms with E-state index in [0.29, 0.717) is 5.02 Å². The smallest absolute Gasteiger partial charge is 0.310 e. The average Bonchev–Trinajstić information content (AvgIpc) is 2.55. The molecule has 1 N–H and O–H groups in total. The molecule has 1 amide bonds. The van der Waals surface area contributed by atoms with E-state index in [1.54, 1.807) is 24.3 Å². The van der Waals surface area contributed by atoms with E-state index in [9.17, 15) is 9.59 Å². The quantitative estimate of drug-likeness (QED) is 0.731. The lowest BCUT2D eigenvalue weighted by molar-refractivity contribution is -0.148. The summed E-state index contributed by atoms with van der Waals surface area (Å²) in [6.45, 7) is 1.57. The molecule has 0 saturated carbocycles. The van der Waals surface area contributed by atoms with Crippen LogP contribution in [0.3, 0.4) is 0 Å². The van der Waals surface area contributed by atoms with Crippen LogP contribution >= 0.6 is 27.5 Å². The van der Waals surface area contributed by atoms with E-state index in [1.807, 2.05) is 31.2 Å². The van der Waals surface area contributed by atoms with Crippen LogP contribution in [0.4, 0.5) is 0 Å². The molecule has 4 nitrogen and oxygen atoms in total. The second-order valence-corrected chi connectivity index (χ2v) is 6.66. The maximum absolute atomic E-state index is 11.9. The van der Waals surface area contributed by atoms with Crippen LogP contribution < -0.4 is 5.32 Å². The van der Waals surface area contributed by atoms with Gasteiger partial charge in [0.1, 0.15) is 0 Å². The largest absolute Gasteiger partial charge is 0.455 e. The van der Waals surface area contributed by atoms with Gasteiger partial charge in [-0.3, -0.25) is 9.59 Å². The van der Waals surface area contributed by atoms with Gasteiger partial charge < -0.3 is 10.1 Å². The molecule has 0 unspecified atom stereocenters. The number of carbonyl (C=O) groups is 2. The third kappa shape index (κ3) is 5.98. The summed E-state index contributed by atoms with van der Waals surface area (Å²) in [5, 5.41) is 3.40. The zero-order valence-corrected chi connectivity index (χ0v) is 15.4. The van der Waals surface area contributed by atoms with Gasteiger partial charge >= 0.3 is 5.97 Å². The minimum atomic E-state index is -0.455. The van der Waals surface area contributed by atoms with Gasteiger partial charge in [0.2, 0.25) is 0 Å². The minimum Gasteiger partial charge on any atom is -0.455 e. The minimum absolute atomic E-state index is 0.104. The summed E-state index contributed by atoms with van der Waals surface area (Å²) in [6, 6.07) is 14.4. The molecule has 0 saturated heterocycles. The topological polar surface area (TPSA) is 55.4 Å². The SMILES string of the molecule is C[C@@H](NC(=O)COC(=O)Cc1ccc(Cl)cc1)c1ccc(Br)cc1. The van der Waals surface area contributed by atoms with Crippen LogP contribution in [0, 0.1) is 0 Å². The molecular formula is C18H17BrClNO3. The highest BCUT2D eigenvalue weighted by molar-refractivity contribution is 9.10. The summed E-state index contributed by atoms with van der Waals surface area (Å²) in [5.41, 5.74) is 1.76. The van der Waals surface area contributed by atoms with Crippen molar-refractivity contribution >= 4 is 39.4 Å². The first-order chi connectivity index (χ1) is 11.4. The Morgan fingerprint density at radius 1 is 1.12 bits per heavy atom. The molecule has 0 aliphatic rings. The molecule has 1 atom stereocenters. The van der Waals surface area contributed by atoms with E-state index in [2.05, 4.69) is 21.2 Å². The summed E-state index contributed by atoms with van der Waals surface area (Å²) in [5.74, 6) is -0.793. The molecule has 0 radical (unpaired) electrons. The van der Waals surface area contributed by atoms with Crippen molar-refractivity contribution in [2.75, 3.05) is 6.61 Å². The van der Waals surface area contributed by atoms with Gasteiger partial charge in [-0.2, -0.15) is 0 Å². The highest BCUT2D eigenvalue weighted by Gasteiger charge is 2.12. The lowest BCUT2D eigenvalue weighted by Gasteiger charge is -2.14. The Hall–Kier alpha value is -1.85.